The summed E-state index contributed by atoms with van der Waals surface area (Å²) in [5.74, 6) is -3.08. The van der Waals surface area contributed by atoms with Gasteiger partial charge >= 0.3 is 57.4 Å². The Labute approximate surface area is 135 Å². The van der Waals surface area contributed by atoms with Gasteiger partial charge in [0.15, 0.2) is 0 Å². The fraction of sp³-hybridized carbons (Fsp3) is 0.500. The molecule has 9 nitrogen and oxygen atoms in total. The van der Waals surface area contributed by atoms with Crippen molar-refractivity contribution < 1.29 is 87.4 Å². The van der Waals surface area contributed by atoms with Gasteiger partial charge in [-0.3, -0.25) is 19.7 Å². The van der Waals surface area contributed by atoms with Crippen LogP contribution >= 0.6 is 0 Å². The molecule has 0 aromatic carbocycles. The first-order chi connectivity index (χ1) is 6.59. The average Bonchev–Trinajstić information content (AvgIpc) is 1.78. The summed E-state index contributed by atoms with van der Waals surface area (Å²) in [7, 11) is 0. The fourth-order valence-electron chi connectivity index (χ4n) is 0.110. The van der Waals surface area contributed by atoms with Crippen LogP contribution in [0.25, 0.3) is 0 Å². The van der Waals surface area contributed by atoms with Crippen molar-refractivity contribution in [2.45, 2.75) is 13.8 Å². The van der Waals surface area contributed by atoms with E-state index in [-0.39, 0.29) is 52.8 Å². The first kappa shape index (κ1) is 24.6. The van der Waals surface area contributed by atoms with Gasteiger partial charge in [-0.2, -0.15) is 0 Å². The summed E-state index contributed by atoms with van der Waals surface area (Å²) in [6.07, 6.45) is 0. The van der Waals surface area contributed by atoms with Crippen molar-refractivity contribution in [1.29, 1.82) is 0 Å². The summed E-state index contributed by atoms with van der Waals surface area (Å²) in [4.78, 5) is 35.7. The second-order valence-electron chi connectivity index (χ2n) is 1.92. The first-order valence-corrected chi connectivity index (χ1v) is 3.32. The minimum Gasteiger partial charge on any atom is -1.00 e. The van der Waals surface area contributed by atoms with Gasteiger partial charge in [0.25, 0.3) is 18.5 Å². The zero-order valence-corrected chi connectivity index (χ0v) is 12.2. The summed E-state index contributed by atoms with van der Waals surface area (Å²) in [5.41, 5.74) is 0. The Morgan fingerprint density at radius 1 is 1.12 bits per heavy atom. The molecule has 0 aliphatic rings. The molecule has 3 N–H and O–H groups in total. The number of carbonyl (C=O) groups is 3. The van der Waals surface area contributed by atoms with Crippen LogP contribution in [0.15, 0.2) is 0 Å². The predicted octanol–water partition coefficient (Wildman–Crippen LogP) is -3.35. The Morgan fingerprint density at radius 2 is 1.31 bits per heavy atom. The van der Waals surface area contributed by atoms with Gasteiger partial charge in [0.05, 0.1) is 0 Å². The zero-order valence-electron chi connectivity index (χ0n) is 10.0. The molecule has 0 atom stereocenters. The van der Waals surface area contributed by atoms with Crippen molar-refractivity contribution in [1.82, 2.24) is 0 Å². The van der Waals surface area contributed by atoms with Crippen molar-refractivity contribution in [3.8, 4) is 0 Å². The third kappa shape index (κ3) is 175. The third-order valence-corrected chi connectivity index (χ3v) is 0.264. The van der Waals surface area contributed by atoms with Crippen LogP contribution < -0.4 is 51.4 Å². The Kier molecular flexibility index (Phi) is 25.9. The Balaban J connectivity index is -0.0000000425. The molecule has 10 heteroatoms. The molecule has 0 unspecified atom stereocenters. The Bertz CT molecular complexity index is 214. The van der Waals surface area contributed by atoms with Crippen LogP contribution in [0.5, 0.6) is 0 Å². The molecule has 0 heterocycles. The minimum atomic E-state index is -1.41. The van der Waals surface area contributed by atoms with Crippen molar-refractivity contribution in [3.63, 3.8) is 0 Å². The molecule has 0 aliphatic heterocycles. The molecule has 0 saturated heterocycles. The molecule has 90 valence electrons. The van der Waals surface area contributed by atoms with Crippen LogP contribution in [0.2, 0.25) is 0 Å². The summed E-state index contributed by atoms with van der Waals surface area (Å²) in [6, 6.07) is 0. The number of hydrogen-bond acceptors (Lipinski definition) is 5. The summed E-state index contributed by atoms with van der Waals surface area (Å²) in [6.45, 7) is 1.17. The molecular formula is C6H12KNO8. The van der Waals surface area contributed by atoms with E-state index < -0.39 is 29.4 Å². The normalized spacial score (nSPS) is 6.62. The minimum absolute atomic E-state index is 0. The van der Waals surface area contributed by atoms with Crippen molar-refractivity contribution >= 4 is 17.9 Å². The molecule has 0 bridgehead atoms. The summed E-state index contributed by atoms with van der Waals surface area (Å²) in [5, 5.41) is 31.7. The number of aliphatic carboxylic acids is 3. The van der Waals surface area contributed by atoms with Crippen LogP contribution in [-0.4, -0.2) is 44.7 Å². The molecule has 0 radical (unpaired) electrons. The molecule has 0 rings (SSSR count). The first-order valence-electron chi connectivity index (χ1n) is 3.32. The molecular weight excluding hydrogens is 253 g/mol. The second-order valence-corrected chi connectivity index (χ2v) is 1.92. The SMILES string of the molecule is CC(=O)O.CC(=O)O.O=C(O)C[N+](=O)[O-].[H-].[K+]. The molecule has 0 spiro atoms. The van der Waals surface area contributed by atoms with Gasteiger partial charge in [0.2, 0.25) is 0 Å². The van der Waals surface area contributed by atoms with Gasteiger partial charge in [-0.15, -0.1) is 0 Å². The maximum Gasteiger partial charge on any atom is 1.00 e. The van der Waals surface area contributed by atoms with Crippen LogP contribution in [-0.2, 0) is 14.4 Å². The largest absolute Gasteiger partial charge is 1.00 e. The summed E-state index contributed by atoms with van der Waals surface area (Å²) >= 11 is 0. The van der Waals surface area contributed by atoms with Gasteiger partial charge in [0, 0.05) is 18.8 Å². The molecule has 0 aliphatic carbocycles. The standard InChI is InChI=1S/C2H3NO4.2C2H4O2.K.H/c4-2(5)1-3(6)7;2*1-2(3)4;;/h1H2,(H,4,5);2*1H3,(H,3,4);;/q;;;+1;-1. The third-order valence-electron chi connectivity index (χ3n) is 0.264. The number of nitrogens with zero attached hydrogens (tertiary/aromatic N) is 1. The van der Waals surface area contributed by atoms with Crippen molar-refractivity contribution in [2.24, 2.45) is 0 Å². The van der Waals surface area contributed by atoms with E-state index >= 15 is 0 Å². The number of rotatable bonds is 2. The van der Waals surface area contributed by atoms with E-state index in [0.29, 0.717) is 0 Å². The molecule has 0 aromatic heterocycles. The molecule has 0 fully saturated rings. The Morgan fingerprint density at radius 3 is 1.31 bits per heavy atom. The fourth-order valence-corrected chi connectivity index (χ4v) is 0.110. The monoisotopic (exact) mass is 265 g/mol. The van der Waals surface area contributed by atoms with E-state index in [1.807, 2.05) is 0 Å². The predicted molar refractivity (Wildman–Crippen MR) is 47.2 cm³/mol. The van der Waals surface area contributed by atoms with E-state index in [1.54, 1.807) is 0 Å². The Hall–Kier alpha value is -0.554. The van der Waals surface area contributed by atoms with Gasteiger partial charge in [0.1, 0.15) is 0 Å². The van der Waals surface area contributed by atoms with Gasteiger partial charge in [-0.25, -0.2) is 4.79 Å². The van der Waals surface area contributed by atoms with E-state index in [9.17, 15) is 14.9 Å². The number of carboxylic acids is 3. The van der Waals surface area contributed by atoms with Gasteiger partial charge < -0.3 is 16.7 Å². The maximum absolute atomic E-state index is 9.37. The average molecular weight is 265 g/mol. The molecule has 0 aromatic rings. The molecule has 0 saturated carbocycles. The second kappa shape index (κ2) is 16.9. The summed E-state index contributed by atoms with van der Waals surface area (Å²) < 4.78 is 0. The smallest absolute Gasteiger partial charge is 1.00 e. The number of carboxylic acid groups (broad SMARTS) is 3. The van der Waals surface area contributed by atoms with Gasteiger partial charge in [-0.05, 0) is 0 Å². The maximum atomic E-state index is 9.37. The van der Waals surface area contributed by atoms with Crippen molar-refractivity contribution in [2.75, 3.05) is 6.54 Å². The molecule has 0 amide bonds. The van der Waals surface area contributed by atoms with Gasteiger partial charge in [-0.1, -0.05) is 0 Å². The zero-order chi connectivity index (χ0) is 13.0. The van der Waals surface area contributed by atoms with Crippen molar-refractivity contribution in [3.05, 3.63) is 10.1 Å². The van der Waals surface area contributed by atoms with Crippen LogP contribution in [0.1, 0.15) is 15.3 Å². The number of nitro groups is 1. The van der Waals surface area contributed by atoms with E-state index in [1.165, 1.54) is 0 Å². The van der Waals surface area contributed by atoms with Crippen LogP contribution in [0.3, 0.4) is 0 Å². The van der Waals surface area contributed by atoms with Crippen LogP contribution in [0, 0.1) is 10.1 Å². The topological polar surface area (TPSA) is 155 Å². The number of hydrogen-bond donors (Lipinski definition) is 3. The van der Waals surface area contributed by atoms with Crippen LogP contribution in [0.4, 0.5) is 0 Å². The quantitative estimate of drug-likeness (QED) is 0.265. The molecule has 16 heavy (non-hydrogen) atoms. The van der Waals surface area contributed by atoms with E-state index in [2.05, 4.69) is 0 Å². The van der Waals surface area contributed by atoms with E-state index in [4.69, 9.17) is 24.9 Å². The van der Waals surface area contributed by atoms with E-state index in [0.717, 1.165) is 13.8 Å².